The average Bonchev–Trinajstić information content (AvgIpc) is 3.56. The third-order valence-electron chi connectivity index (χ3n) is 7.11. The number of fused-ring (bicyclic) bond motifs is 3. The van der Waals surface area contributed by atoms with Crippen molar-refractivity contribution in [3.05, 3.63) is 64.3 Å². The molecule has 1 atom stereocenters. The summed E-state index contributed by atoms with van der Waals surface area (Å²) in [5, 5.41) is 10.1. The summed E-state index contributed by atoms with van der Waals surface area (Å²) in [6.45, 7) is 4.05. The highest BCUT2D eigenvalue weighted by molar-refractivity contribution is 5.87. The van der Waals surface area contributed by atoms with Gasteiger partial charge in [0, 0.05) is 22.5 Å². The number of aromatic amines is 1. The number of carboxylic acids is 1. The Morgan fingerprint density at radius 3 is 2.51 bits per heavy atom. The maximum atomic E-state index is 13.7. The molecular weight excluding hydrogens is 455 g/mol. The number of alkyl halides is 3. The lowest BCUT2D eigenvalue weighted by molar-refractivity contribution is -0.139. The SMILES string of the molecule is CC.O=C(O)C[C@H]1CCc2c1[nH]c1ccc(OCc3ccc(C4CCCC4)c(C(F)(F)F)c3)cc21. The van der Waals surface area contributed by atoms with E-state index in [0.29, 0.717) is 16.9 Å². The Labute approximate surface area is 203 Å². The number of benzene rings is 2. The Kier molecular flexibility index (Phi) is 7.43. The number of hydrogen-bond acceptors (Lipinski definition) is 2. The first-order valence-corrected chi connectivity index (χ1v) is 12.5. The zero-order chi connectivity index (χ0) is 25.2. The molecular formula is C28H32F3NO3. The summed E-state index contributed by atoms with van der Waals surface area (Å²) in [5.74, 6) is -0.264. The Morgan fingerprint density at radius 1 is 1.09 bits per heavy atom. The molecule has 7 heteroatoms. The fourth-order valence-corrected chi connectivity index (χ4v) is 5.53. The minimum absolute atomic E-state index is 0.0142. The zero-order valence-electron chi connectivity index (χ0n) is 20.2. The first-order valence-electron chi connectivity index (χ1n) is 12.5. The molecule has 0 radical (unpaired) electrons. The topological polar surface area (TPSA) is 62.3 Å². The molecule has 0 saturated heterocycles. The summed E-state index contributed by atoms with van der Waals surface area (Å²) in [6, 6.07) is 10.2. The van der Waals surface area contributed by atoms with Crippen molar-refractivity contribution in [3.8, 4) is 5.75 Å². The molecule has 2 aliphatic carbocycles. The monoisotopic (exact) mass is 487 g/mol. The van der Waals surface area contributed by atoms with E-state index in [1.54, 1.807) is 18.2 Å². The van der Waals surface area contributed by atoms with Gasteiger partial charge in [0.2, 0.25) is 0 Å². The summed E-state index contributed by atoms with van der Waals surface area (Å²) >= 11 is 0. The quantitative estimate of drug-likeness (QED) is 0.371. The van der Waals surface area contributed by atoms with Crippen LogP contribution in [0.15, 0.2) is 36.4 Å². The fourth-order valence-electron chi connectivity index (χ4n) is 5.53. The first-order chi connectivity index (χ1) is 16.8. The van der Waals surface area contributed by atoms with E-state index in [1.807, 2.05) is 26.0 Å². The van der Waals surface area contributed by atoms with Gasteiger partial charge in [-0.3, -0.25) is 4.79 Å². The molecule has 1 saturated carbocycles. The zero-order valence-corrected chi connectivity index (χ0v) is 20.2. The number of carbonyl (C=O) groups is 1. The van der Waals surface area contributed by atoms with Crippen molar-refractivity contribution < 1.29 is 27.8 Å². The Bertz CT molecular complexity index is 1190. The van der Waals surface area contributed by atoms with Gasteiger partial charge < -0.3 is 14.8 Å². The maximum Gasteiger partial charge on any atom is 0.416 e. The second-order valence-corrected chi connectivity index (χ2v) is 9.25. The first kappa shape index (κ1) is 25.1. The minimum atomic E-state index is -4.38. The van der Waals surface area contributed by atoms with E-state index in [1.165, 1.54) is 6.07 Å². The fraction of sp³-hybridized carbons (Fsp3) is 0.464. The van der Waals surface area contributed by atoms with Crippen LogP contribution in [-0.4, -0.2) is 16.1 Å². The van der Waals surface area contributed by atoms with Crippen molar-refractivity contribution in [1.29, 1.82) is 0 Å². The van der Waals surface area contributed by atoms with Gasteiger partial charge in [0.05, 0.1) is 12.0 Å². The predicted molar refractivity (Wildman–Crippen MR) is 130 cm³/mol. The second-order valence-electron chi connectivity index (χ2n) is 9.25. The van der Waals surface area contributed by atoms with Gasteiger partial charge in [0.1, 0.15) is 12.4 Å². The summed E-state index contributed by atoms with van der Waals surface area (Å²) in [5.41, 5.74) is 3.36. The van der Waals surface area contributed by atoms with Gasteiger partial charge >= 0.3 is 12.1 Å². The number of H-pyrrole nitrogens is 1. The normalized spacial score (nSPS) is 17.8. The van der Waals surface area contributed by atoms with Crippen LogP contribution < -0.4 is 4.74 Å². The van der Waals surface area contributed by atoms with E-state index in [0.717, 1.165) is 60.7 Å². The average molecular weight is 488 g/mol. The van der Waals surface area contributed by atoms with E-state index in [4.69, 9.17) is 9.84 Å². The molecule has 5 rings (SSSR count). The third-order valence-corrected chi connectivity index (χ3v) is 7.11. The number of aliphatic carboxylic acids is 1. The molecule has 1 fully saturated rings. The van der Waals surface area contributed by atoms with Crippen LogP contribution in [0, 0.1) is 0 Å². The lowest BCUT2D eigenvalue weighted by Gasteiger charge is -2.19. The number of hydrogen-bond donors (Lipinski definition) is 2. The van der Waals surface area contributed by atoms with Crippen molar-refractivity contribution in [3.63, 3.8) is 0 Å². The molecule has 2 aliphatic rings. The van der Waals surface area contributed by atoms with Gasteiger partial charge in [-0.25, -0.2) is 0 Å². The minimum Gasteiger partial charge on any atom is -0.489 e. The standard InChI is InChI=1S/C26H26F3NO3.C2H6/c27-26(28,29)22-11-15(5-8-19(22)16-3-1-2-4-16)14-33-18-7-10-23-21(13-18)20-9-6-17(12-24(31)32)25(20)30-23;1-2/h5,7-8,10-11,13,16-17,30H,1-4,6,9,12,14H2,(H,31,32);1-2H3/t17-;/m1./s1. The molecule has 2 N–H and O–H groups in total. The molecule has 188 valence electrons. The third kappa shape index (κ3) is 5.34. The van der Waals surface area contributed by atoms with E-state index in [-0.39, 0.29) is 24.9 Å². The van der Waals surface area contributed by atoms with Gasteiger partial charge in [-0.05, 0) is 72.6 Å². The Balaban J connectivity index is 0.00000141. The summed E-state index contributed by atoms with van der Waals surface area (Å²) in [4.78, 5) is 14.5. The molecule has 0 amide bonds. The number of aryl methyl sites for hydroxylation is 1. The van der Waals surface area contributed by atoms with Crippen molar-refractivity contribution in [1.82, 2.24) is 4.98 Å². The smallest absolute Gasteiger partial charge is 0.416 e. The van der Waals surface area contributed by atoms with Crippen molar-refractivity contribution >= 4 is 16.9 Å². The molecule has 1 heterocycles. The summed E-state index contributed by atoms with van der Waals surface area (Å²) in [6.07, 6.45) is 0.897. The molecule has 0 aliphatic heterocycles. The molecule has 2 aromatic carbocycles. The van der Waals surface area contributed by atoms with Crippen LogP contribution in [0.3, 0.4) is 0 Å². The van der Waals surface area contributed by atoms with Gasteiger partial charge in [-0.2, -0.15) is 13.2 Å². The molecule has 0 spiro atoms. The van der Waals surface area contributed by atoms with Gasteiger partial charge in [-0.1, -0.05) is 38.8 Å². The van der Waals surface area contributed by atoms with Gasteiger partial charge in [0.25, 0.3) is 0 Å². The lowest BCUT2D eigenvalue weighted by Crippen LogP contribution is -2.12. The van der Waals surface area contributed by atoms with Crippen molar-refractivity contribution in [2.45, 2.75) is 83.4 Å². The van der Waals surface area contributed by atoms with E-state index in [2.05, 4.69) is 4.98 Å². The number of rotatable bonds is 6. The van der Waals surface area contributed by atoms with Gasteiger partial charge in [0.15, 0.2) is 0 Å². The van der Waals surface area contributed by atoms with E-state index in [9.17, 15) is 18.0 Å². The number of halogens is 3. The van der Waals surface area contributed by atoms with Crippen molar-refractivity contribution in [2.75, 3.05) is 0 Å². The second kappa shape index (κ2) is 10.3. The maximum absolute atomic E-state index is 13.7. The van der Waals surface area contributed by atoms with Gasteiger partial charge in [-0.15, -0.1) is 0 Å². The summed E-state index contributed by atoms with van der Waals surface area (Å²) in [7, 11) is 0. The molecule has 4 nitrogen and oxygen atoms in total. The predicted octanol–water partition coefficient (Wildman–Crippen LogP) is 7.95. The van der Waals surface area contributed by atoms with Crippen LogP contribution in [0.2, 0.25) is 0 Å². The molecule has 0 bridgehead atoms. The van der Waals surface area contributed by atoms with Crippen LogP contribution in [0.25, 0.3) is 10.9 Å². The Hall–Kier alpha value is -2.96. The number of aromatic nitrogens is 1. The van der Waals surface area contributed by atoms with E-state index >= 15 is 0 Å². The number of nitrogens with one attached hydrogen (secondary N) is 1. The Morgan fingerprint density at radius 2 is 1.83 bits per heavy atom. The van der Waals surface area contributed by atoms with Crippen LogP contribution in [0.5, 0.6) is 5.75 Å². The number of ether oxygens (including phenoxy) is 1. The molecule has 0 unspecified atom stereocenters. The highest BCUT2D eigenvalue weighted by atomic mass is 19.4. The molecule has 1 aromatic heterocycles. The molecule has 3 aromatic rings. The number of carboxylic acid groups (broad SMARTS) is 1. The van der Waals surface area contributed by atoms with Crippen molar-refractivity contribution in [2.24, 2.45) is 0 Å². The van der Waals surface area contributed by atoms with Crippen LogP contribution in [0.1, 0.15) is 92.2 Å². The summed E-state index contributed by atoms with van der Waals surface area (Å²) < 4.78 is 47.1. The van der Waals surface area contributed by atoms with Crippen LogP contribution >= 0.6 is 0 Å². The van der Waals surface area contributed by atoms with Crippen LogP contribution in [0.4, 0.5) is 13.2 Å². The largest absolute Gasteiger partial charge is 0.489 e. The lowest BCUT2D eigenvalue weighted by atomic mass is 9.91. The van der Waals surface area contributed by atoms with E-state index < -0.39 is 17.7 Å². The van der Waals surface area contributed by atoms with Crippen LogP contribution in [-0.2, 0) is 24.0 Å². The molecule has 35 heavy (non-hydrogen) atoms. The highest BCUT2D eigenvalue weighted by Gasteiger charge is 2.36. The highest BCUT2D eigenvalue weighted by Crippen LogP contribution is 2.43.